The molecular formula is C25H28N6OS. The minimum atomic E-state index is -0.0454. The summed E-state index contributed by atoms with van der Waals surface area (Å²) in [5, 5.41) is 1.71. The Morgan fingerprint density at radius 2 is 1.79 bits per heavy atom. The Hall–Kier alpha value is -2.84. The molecule has 0 atom stereocenters. The molecule has 7 nitrogen and oxygen atoms in total. The number of pyridine rings is 1. The van der Waals surface area contributed by atoms with Gasteiger partial charge in [0.05, 0.1) is 33.8 Å². The quantitative estimate of drug-likeness (QED) is 0.459. The molecule has 1 aromatic carbocycles. The Bertz CT molecular complexity index is 1360. The van der Waals surface area contributed by atoms with Gasteiger partial charge in [0.25, 0.3) is 5.56 Å². The number of thiazole rings is 1. The van der Waals surface area contributed by atoms with Crippen LogP contribution in [0.4, 0.5) is 5.13 Å². The van der Waals surface area contributed by atoms with E-state index in [1.54, 1.807) is 24.7 Å². The van der Waals surface area contributed by atoms with Gasteiger partial charge in [-0.25, -0.2) is 9.97 Å². The molecule has 0 radical (unpaired) electrons. The Morgan fingerprint density at radius 3 is 2.61 bits per heavy atom. The number of hydrogen-bond donors (Lipinski definition) is 0. The standard InChI is InChI=1S/C25H28N6OS/c1-29-16-27-20-6-5-17(13-19(20)24(29)32)21-14-23-22(15-26-21)28-25(33-23)31-11-7-18(8-12-31)30-9-3-2-4-10-30/h5-6,13-16,18H,2-4,7-12H2,1H3. The molecule has 0 unspecified atom stereocenters. The van der Waals surface area contributed by atoms with Gasteiger partial charge in [-0.1, -0.05) is 23.8 Å². The lowest BCUT2D eigenvalue weighted by molar-refractivity contribution is 0.141. The second-order valence-corrected chi connectivity index (χ2v) is 10.3. The van der Waals surface area contributed by atoms with E-state index in [0.717, 1.165) is 45.7 Å². The van der Waals surface area contributed by atoms with E-state index in [9.17, 15) is 4.79 Å². The van der Waals surface area contributed by atoms with E-state index in [0.29, 0.717) is 10.9 Å². The fraction of sp³-hybridized carbons (Fsp3) is 0.440. The number of hydrogen-bond acceptors (Lipinski definition) is 7. The summed E-state index contributed by atoms with van der Waals surface area (Å²) in [4.78, 5) is 31.6. The first-order chi connectivity index (χ1) is 16.2. The van der Waals surface area contributed by atoms with Crippen LogP contribution in [0.5, 0.6) is 0 Å². The fourth-order valence-electron chi connectivity index (χ4n) is 5.19. The van der Waals surface area contributed by atoms with Crippen LogP contribution in [0.3, 0.4) is 0 Å². The summed E-state index contributed by atoms with van der Waals surface area (Å²) in [6.07, 6.45) is 9.97. The third-order valence-corrected chi connectivity index (χ3v) is 8.20. The van der Waals surface area contributed by atoms with Crippen LogP contribution in [0.15, 0.2) is 41.6 Å². The average molecular weight is 461 g/mol. The average Bonchev–Trinajstić information content (AvgIpc) is 3.30. The third kappa shape index (κ3) is 3.91. The van der Waals surface area contributed by atoms with Crippen LogP contribution in [0, 0.1) is 0 Å². The zero-order valence-electron chi connectivity index (χ0n) is 18.9. The number of benzene rings is 1. The third-order valence-electron chi connectivity index (χ3n) is 7.12. The predicted octanol–water partition coefficient (Wildman–Crippen LogP) is 4.06. The van der Waals surface area contributed by atoms with E-state index >= 15 is 0 Å². The largest absolute Gasteiger partial charge is 0.348 e. The van der Waals surface area contributed by atoms with Gasteiger partial charge in [-0.3, -0.25) is 9.78 Å². The molecule has 0 amide bonds. The minimum absolute atomic E-state index is 0.0454. The van der Waals surface area contributed by atoms with Crippen LogP contribution in [0.1, 0.15) is 32.1 Å². The SMILES string of the molecule is Cn1cnc2ccc(-c3cc4sc(N5CCC(N6CCCCC6)CC5)nc4cn3)cc2c1=O. The molecule has 2 saturated heterocycles. The van der Waals surface area contributed by atoms with E-state index in [-0.39, 0.29) is 5.56 Å². The fourth-order valence-corrected chi connectivity index (χ4v) is 6.21. The van der Waals surface area contributed by atoms with Gasteiger partial charge in [-0.15, -0.1) is 0 Å². The van der Waals surface area contributed by atoms with Crippen LogP contribution in [0.25, 0.3) is 32.4 Å². The maximum atomic E-state index is 12.5. The molecule has 0 spiro atoms. The molecular weight excluding hydrogens is 432 g/mol. The lowest BCUT2D eigenvalue weighted by Gasteiger charge is -2.40. The van der Waals surface area contributed by atoms with Crippen LogP contribution in [-0.4, -0.2) is 56.6 Å². The first-order valence-corrected chi connectivity index (χ1v) is 12.7. The van der Waals surface area contributed by atoms with E-state index in [4.69, 9.17) is 4.98 Å². The molecule has 2 fully saturated rings. The number of nitrogens with zero attached hydrogens (tertiary/aromatic N) is 6. The van der Waals surface area contributed by atoms with Crippen molar-refractivity contribution in [3.05, 3.63) is 47.1 Å². The van der Waals surface area contributed by atoms with Gasteiger partial charge in [-0.05, 0) is 57.0 Å². The Morgan fingerprint density at radius 1 is 0.970 bits per heavy atom. The number of piperidine rings is 2. The summed E-state index contributed by atoms with van der Waals surface area (Å²) in [7, 11) is 1.72. The van der Waals surface area contributed by atoms with Crippen LogP contribution in [-0.2, 0) is 7.05 Å². The molecule has 0 aliphatic carbocycles. The Labute approximate surface area is 196 Å². The summed E-state index contributed by atoms with van der Waals surface area (Å²) in [5.74, 6) is 0. The first kappa shape index (κ1) is 20.7. The second-order valence-electron chi connectivity index (χ2n) is 9.24. The van der Waals surface area contributed by atoms with Crippen LogP contribution in [0.2, 0.25) is 0 Å². The topological polar surface area (TPSA) is 67.2 Å². The number of rotatable bonds is 3. The highest BCUT2D eigenvalue weighted by molar-refractivity contribution is 7.22. The van der Waals surface area contributed by atoms with Crippen molar-refractivity contribution in [3.63, 3.8) is 0 Å². The molecule has 8 heteroatoms. The van der Waals surface area contributed by atoms with Crippen molar-refractivity contribution >= 4 is 37.6 Å². The lowest BCUT2D eigenvalue weighted by atomic mass is 10.0. The molecule has 2 aliphatic rings. The molecule has 6 rings (SSSR count). The van der Waals surface area contributed by atoms with Crippen molar-refractivity contribution in [2.45, 2.75) is 38.1 Å². The summed E-state index contributed by atoms with van der Waals surface area (Å²) in [5.41, 5.74) is 3.38. The van der Waals surface area contributed by atoms with Crippen LogP contribution >= 0.6 is 11.3 Å². The molecule has 170 valence electrons. The minimum Gasteiger partial charge on any atom is -0.348 e. The van der Waals surface area contributed by atoms with Crippen LogP contribution < -0.4 is 10.5 Å². The normalized spacial score (nSPS) is 18.4. The number of anilines is 1. The summed E-state index contributed by atoms with van der Waals surface area (Å²) in [6.45, 7) is 4.69. The molecule has 2 aliphatic heterocycles. The number of likely N-dealkylation sites (tertiary alicyclic amines) is 1. The van der Waals surface area contributed by atoms with Crippen molar-refractivity contribution in [3.8, 4) is 11.3 Å². The maximum Gasteiger partial charge on any atom is 0.260 e. The lowest BCUT2D eigenvalue weighted by Crippen LogP contribution is -2.46. The van der Waals surface area contributed by atoms with Crippen molar-refractivity contribution in [1.29, 1.82) is 0 Å². The molecule has 4 aromatic rings. The predicted molar refractivity (Wildman–Crippen MR) is 134 cm³/mol. The highest BCUT2D eigenvalue weighted by atomic mass is 32.1. The highest BCUT2D eigenvalue weighted by Gasteiger charge is 2.26. The van der Waals surface area contributed by atoms with Gasteiger partial charge in [0.2, 0.25) is 0 Å². The van der Waals surface area contributed by atoms with Gasteiger partial charge in [0.15, 0.2) is 5.13 Å². The highest BCUT2D eigenvalue weighted by Crippen LogP contribution is 2.33. The van der Waals surface area contributed by atoms with Crippen molar-refractivity contribution in [2.24, 2.45) is 7.05 Å². The summed E-state index contributed by atoms with van der Waals surface area (Å²) in [6, 6.07) is 8.60. The molecule has 3 aromatic heterocycles. The monoisotopic (exact) mass is 460 g/mol. The second kappa shape index (κ2) is 8.50. The molecule has 33 heavy (non-hydrogen) atoms. The molecule has 0 N–H and O–H groups in total. The van der Waals surface area contributed by atoms with E-state index in [1.807, 2.05) is 24.4 Å². The van der Waals surface area contributed by atoms with Gasteiger partial charge in [0, 0.05) is 31.7 Å². The molecule has 0 saturated carbocycles. The van der Waals surface area contributed by atoms with E-state index in [1.165, 1.54) is 49.8 Å². The smallest absolute Gasteiger partial charge is 0.260 e. The first-order valence-electron chi connectivity index (χ1n) is 11.9. The number of aromatic nitrogens is 4. The Kier molecular flexibility index (Phi) is 5.34. The summed E-state index contributed by atoms with van der Waals surface area (Å²) >= 11 is 1.74. The van der Waals surface area contributed by atoms with E-state index in [2.05, 4.69) is 25.8 Å². The van der Waals surface area contributed by atoms with Gasteiger partial charge < -0.3 is 14.4 Å². The summed E-state index contributed by atoms with van der Waals surface area (Å²) < 4.78 is 2.64. The van der Waals surface area contributed by atoms with Crippen molar-refractivity contribution in [2.75, 3.05) is 31.1 Å². The molecule has 0 bridgehead atoms. The number of aryl methyl sites for hydroxylation is 1. The van der Waals surface area contributed by atoms with Crippen molar-refractivity contribution in [1.82, 2.24) is 24.4 Å². The molecule has 5 heterocycles. The Balaban J connectivity index is 1.24. The number of fused-ring (bicyclic) bond motifs is 2. The van der Waals surface area contributed by atoms with Gasteiger partial charge in [0.1, 0.15) is 5.52 Å². The maximum absolute atomic E-state index is 12.5. The van der Waals surface area contributed by atoms with Crippen molar-refractivity contribution < 1.29 is 0 Å². The van der Waals surface area contributed by atoms with E-state index < -0.39 is 0 Å². The zero-order valence-corrected chi connectivity index (χ0v) is 19.7. The van der Waals surface area contributed by atoms with Gasteiger partial charge in [-0.2, -0.15) is 0 Å². The zero-order chi connectivity index (χ0) is 22.4. The van der Waals surface area contributed by atoms with Gasteiger partial charge >= 0.3 is 0 Å².